The summed E-state index contributed by atoms with van der Waals surface area (Å²) in [7, 11) is 4.30. The van der Waals surface area contributed by atoms with Crippen molar-refractivity contribution in [3.63, 3.8) is 0 Å². The molecule has 3 unspecified atom stereocenters. The van der Waals surface area contributed by atoms with Crippen LogP contribution in [0.3, 0.4) is 0 Å². The molecular weight excluding hydrogens is 266 g/mol. The van der Waals surface area contributed by atoms with Gasteiger partial charge in [-0.2, -0.15) is 0 Å². The third kappa shape index (κ3) is 3.76. The van der Waals surface area contributed by atoms with Gasteiger partial charge in [0, 0.05) is 18.6 Å². The molecule has 3 atom stereocenters. The highest BCUT2D eigenvalue weighted by Crippen LogP contribution is 2.33. The van der Waals surface area contributed by atoms with Gasteiger partial charge in [-0.3, -0.25) is 9.69 Å². The van der Waals surface area contributed by atoms with Gasteiger partial charge in [-0.05, 0) is 65.7 Å². The van der Waals surface area contributed by atoms with Crippen LogP contribution in [-0.2, 0) is 4.79 Å². The van der Waals surface area contributed by atoms with Crippen LogP contribution in [0.15, 0.2) is 0 Å². The molecule has 2 rings (SSSR count). The van der Waals surface area contributed by atoms with E-state index in [1.165, 1.54) is 12.8 Å². The molecule has 5 nitrogen and oxygen atoms in total. The van der Waals surface area contributed by atoms with Crippen molar-refractivity contribution < 1.29 is 9.90 Å². The van der Waals surface area contributed by atoms with Crippen LogP contribution in [0.4, 0.5) is 0 Å². The molecule has 0 bridgehead atoms. The highest BCUT2D eigenvalue weighted by Gasteiger charge is 2.44. The summed E-state index contributed by atoms with van der Waals surface area (Å²) in [6.07, 6.45) is 6.13. The Labute approximate surface area is 128 Å². The fraction of sp³-hybridized carbons (Fsp3) is 0.938. The fourth-order valence-corrected chi connectivity index (χ4v) is 4.06. The van der Waals surface area contributed by atoms with Crippen LogP contribution >= 0.6 is 0 Å². The number of carboxylic acid groups (broad SMARTS) is 1. The van der Waals surface area contributed by atoms with Gasteiger partial charge in [-0.25, -0.2) is 0 Å². The van der Waals surface area contributed by atoms with Crippen LogP contribution in [0, 0.1) is 0 Å². The van der Waals surface area contributed by atoms with Crippen molar-refractivity contribution in [2.24, 2.45) is 0 Å². The predicted molar refractivity (Wildman–Crippen MR) is 84.6 cm³/mol. The summed E-state index contributed by atoms with van der Waals surface area (Å²) >= 11 is 0. The molecule has 21 heavy (non-hydrogen) atoms. The summed E-state index contributed by atoms with van der Waals surface area (Å²) in [5.41, 5.74) is -0.706. The zero-order valence-electron chi connectivity index (χ0n) is 13.8. The largest absolute Gasteiger partial charge is 0.480 e. The minimum absolute atomic E-state index is 0.414. The lowest BCUT2D eigenvalue weighted by molar-refractivity contribution is -0.147. The first kappa shape index (κ1) is 16.7. The summed E-state index contributed by atoms with van der Waals surface area (Å²) in [4.78, 5) is 16.6. The van der Waals surface area contributed by atoms with Gasteiger partial charge in [0.25, 0.3) is 0 Å². The second-order valence-corrected chi connectivity index (χ2v) is 6.92. The Bertz CT molecular complexity index is 357. The van der Waals surface area contributed by atoms with E-state index in [9.17, 15) is 9.90 Å². The molecule has 2 N–H and O–H groups in total. The van der Waals surface area contributed by atoms with E-state index >= 15 is 0 Å². The molecule has 1 saturated carbocycles. The van der Waals surface area contributed by atoms with Gasteiger partial charge in [0.05, 0.1) is 0 Å². The molecule has 5 heteroatoms. The zero-order valence-corrected chi connectivity index (χ0v) is 13.8. The number of likely N-dealkylation sites (N-methyl/N-ethyl adjacent to an activating group) is 2. The van der Waals surface area contributed by atoms with Crippen molar-refractivity contribution >= 4 is 5.97 Å². The van der Waals surface area contributed by atoms with Gasteiger partial charge in [-0.15, -0.1) is 0 Å². The lowest BCUT2D eigenvalue weighted by Crippen LogP contribution is -2.60. The van der Waals surface area contributed by atoms with Crippen molar-refractivity contribution in [2.45, 2.75) is 63.1 Å². The molecule has 122 valence electrons. The average molecular weight is 297 g/mol. The lowest BCUT2D eigenvalue weighted by Gasteiger charge is -2.46. The van der Waals surface area contributed by atoms with Crippen molar-refractivity contribution in [3.05, 3.63) is 0 Å². The van der Waals surface area contributed by atoms with Gasteiger partial charge in [0.15, 0.2) is 0 Å². The predicted octanol–water partition coefficient (Wildman–Crippen LogP) is 1.39. The number of rotatable bonds is 5. The number of aliphatic carboxylic acids is 1. The molecular formula is C16H31N3O2. The second kappa shape index (κ2) is 7.07. The minimum atomic E-state index is -0.706. The van der Waals surface area contributed by atoms with E-state index in [0.29, 0.717) is 12.1 Å². The van der Waals surface area contributed by atoms with E-state index in [1.54, 1.807) is 0 Å². The first-order valence-electron chi connectivity index (χ1n) is 8.37. The topological polar surface area (TPSA) is 55.8 Å². The molecule has 0 aromatic heterocycles. The number of hydrogen-bond donors (Lipinski definition) is 2. The molecule has 2 fully saturated rings. The van der Waals surface area contributed by atoms with E-state index in [4.69, 9.17) is 0 Å². The SMILES string of the molecule is CCNC1(C(=O)O)CCCC(N2CCCC(N(C)C)C2)C1. The Hall–Kier alpha value is -0.650. The van der Waals surface area contributed by atoms with Gasteiger partial charge in [0.1, 0.15) is 5.54 Å². The van der Waals surface area contributed by atoms with Gasteiger partial charge in [0.2, 0.25) is 0 Å². The van der Waals surface area contributed by atoms with Gasteiger partial charge < -0.3 is 15.3 Å². The maximum absolute atomic E-state index is 11.8. The Kier molecular flexibility index (Phi) is 5.63. The van der Waals surface area contributed by atoms with Crippen molar-refractivity contribution in [2.75, 3.05) is 33.7 Å². The second-order valence-electron chi connectivity index (χ2n) is 6.92. The summed E-state index contributed by atoms with van der Waals surface area (Å²) in [6.45, 7) is 4.92. The summed E-state index contributed by atoms with van der Waals surface area (Å²) in [5, 5.41) is 13.0. The molecule has 1 aliphatic heterocycles. The number of carbonyl (C=O) groups is 1. The quantitative estimate of drug-likeness (QED) is 0.803. The Balaban J connectivity index is 2.04. The van der Waals surface area contributed by atoms with Crippen LogP contribution in [0.1, 0.15) is 45.4 Å². The molecule has 0 aromatic rings. The van der Waals surface area contributed by atoms with Crippen LogP contribution in [0.5, 0.6) is 0 Å². The maximum Gasteiger partial charge on any atom is 0.323 e. The first-order chi connectivity index (χ1) is 9.98. The fourth-order valence-electron chi connectivity index (χ4n) is 4.06. The van der Waals surface area contributed by atoms with Gasteiger partial charge >= 0.3 is 5.97 Å². The number of nitrogens with one attached hydrogen (secondary N) is 1. The highest BCUT2D eigenvalue weighted by atomic mass is 16.4. The monoisotopic (exact) mass is 297 g/mol. The standard InChI is InChI=1S/C16H31N3O2/c1-4-17-16(15(20)21)9-5-7-13(11-16)19-10-6-8-14(12-19)18(2)3/h13-14,17H,4-12H2,1-3H3,(H,20,21). The number of nitrogens with zero attached hydrogens (tertiary/aromatic N) is 2. The Morgan fingerprint density at radius 3 is 2.76 bits per heavy atom. The summed E-state index contributed by atoms with van der Waals surface area (Å²) < 4.78 is 0. The Morgan fingerprint density at radius 2 is 2.14 bits per heavy atom. The van der Waals surface area contributed by atoms with Crippen LogP contribution in [0.25, 0.3) is 0 Å². The molecule has 2 aliphatic rings. The Morgan fingerprint density at radius 1 is 1.38 bits per heavy atom. The normalized spacial score (nSPS) is 35.0. The molecule has 1 saturated heterocycles. The van der Waals surface area contributed by atoms with E-state index in [1.807, 2.05) is 6.92 Å². The number of carboxylic acids is 1. The number of likely N-dealkylation sites (tertiary alicyclic amines) is 1. The summed E-state index contributed by atoms with van der Waals surface area (Å²) in [5.74, 6) is -0.671. The van der Waals surface area contributed by atoms with Crippen LogP contribution in [-0.4, -0.2) is 72.2 Å². The van der Waals surface area contributed by atoms with Gasteiger partial charge in [-0.1, -0.05) is 6.92 Å². The minimum Gasteiger partial charge on any atom is -0.480 e. The lowest BCUT2D eigenvalue weighted by atomic mass is 9.77. The molecule has 0 spiro atoms. The smallest absolute Gasteiger partial charge is 0.323 e. The number of hydrogen-bond acceptors (Lipinski definition) is 4. The maximum atomic E-state index is 11.8. The molecule has 1 aliphatic carbocycles. The van der Waals surface area contributed by atoms with Crippen LogP contribution < -0.4 is 5.32 Å². The average Bonchev–Trinajstić information content (AvgIpc) is 2.48. The first-order valence-corrected chi connectivity index (χ1v) is 8.37. The van der Waals surface area contributed by atoms with E-state index < -0.39 is 11.5 Å². The van der Waals surface area contributed by atoms with Crippen molar-refractivity contribution in [3.8, 4) is 0 Å². The molecule has 0 aromatic carbocycles. The molecule has 0 radical (unpaired) electrons. The third-order valence-electron chi connectivity index (χ3n) is 5.32. The molecule has 0 amide bonds. The van der Waals surface area contributed by atoms with E-state index in [-0.39, 0.29) is 0 Å². The zero-order chi connectivity index (χ0) is 15.5. The summed E-state index contributed by atoms with van der Waals surface area (Å²) in [6, 6.07) is 1.02. The highest BCUT2D eigenvalue weighted by molar-refractivity contribution is 5.79. The van der Waals surface area contributed by atoms with Crippen LogP contribution in [0.2, 0.25) is 0 Å². The van der Waals surface area contributed by atoms with E-state index in [0.717, 1.165) is 45.3 Å². The van der Waals surface area contributed by atoms with E-state index in [2.05, 4.69) is 29.2 Å². The third-order valence-corrected chi connectivity index (χ3v) is 5.32. The van der Waals surface area contributed by atoms with Crippen molar-refractivity contribution in [1.82, 2.24) is 15.1 Å². The molecule has 1 heterocycles. The number of piperidine rings is 1. The van der Waals surface area contributed by atoms with Crippen molar-refractivity contribution in [1.29, 1.82) is 0 Å².